The first-order chi connectivity index (χ1) is 11.1. The van der Waals surface area contributed by atoms with Gasteiger partial charge < -0.3 is 11.1 Å². The molecule has 1 aliphatic rings. The monoisotopic (exact) mass is 346 g/mol. The number of amides is 1. The molecule has 24 heavy (non-hydrogen) atoms. The van der Waals surface area contributed by atoms with Crippen molar-refractivity contribution in [2.24, 2.45) is 11.7 Å². The molecule has 0 radical (unpaired) electrons. The van der Waals surface area contributed by atoms with Crippen LogP contribution in [0.5, 0.6) is 0 Å². The zero-order valence-corrected chi connectivity index (χ0v) is 14.6. The van der Waals surface area contributed by atoms with E-state index in [0.717, 1.165) is 42.6 Å². The average Bonchev–Trinajstić information content (AvgIpc) is 2.55. The highest BCUT2D eigenvalue weighted by Crippen LogP contribution is 2.25. The lowest BCUT2D eigenvalue weighted by Gasteiger charge is -2.25. The van der Waals surface area contributed by atoms with Crippen LogP contribution in [0.15, 0.2) is 36.5 Å². The van der Waals surface area contributed by atoms with Crippen molar-refractivity contribution in [2.45, 2.75) is 38.6 Å². The predicted octanol–water partition coefficient (Wildman–Crippen LogP) is 3.33. The van der Waals surface area contributed by atoms with Gasteiger partial charge in [0.1, 0.15) is 0 Å². The van der Waals surface area contributed by atoms with E-state index in [1.54, 1.807) is 6.20 Å². The number of aromatic nitrogens is 2. The first-order valence-corrected chi connectivity index (χ1v) is 8.08. The van der Waals surface area contributed by atoms with E-state index in [2.05, 4.69) is 15.3 Å². The van der Waals surface area contributed by atoms with Gasteiger partial charge in [0.05, 0.1) is 0 Å². The largest absolute Gasteiger partial charge is 0.328 e. The molecule has 1 aliphatic carbocycles. The molecule has 128 valence electrons. The standard InChI is InChI=1S/C18H22N4O.ClH/c1-12-9-10-20-17(21-12)13-5-7-16(8-6-13)22-18(23)14-3-2-4-15(19)11-14;/h5-10,14-15H,2-4,11,19H2,1H3,(H,22,23);1H. The number of nitrogens with zero attached hydrogens (tertiary/aromatic N) is 2. The summed E-state index contributed by atoms with van der Waals surface area (Å²) in [4.78, 5) is 21.0. The predicted molar refractivity (Wildman–Crippen MR) is 98.0 cm³/mol. The molecule has 1 saturated carbocycles. The third-order valence-electron chi connectivity index (χ3n) is 4.29. The molecule has 2 atom stereocenters. The van der Waals surface area contributed by atoms with E-state index in [0.29, 0.717) is 5.82 Å². The molecular weight excluding hydrogens is 324 g/mol. The van der Waals surface area contributed by atoms with Gasteiger partial charge >= 0.3 is 0 Å². The van der Waals surface area contributed by atoms with Crippen LogP contribution in [-0.4, -0.2) is 21.9 Å². The van der Waals surface area contributed by atoms with Crippen LogP contribution < -0.4 is 11.1 Å². The third kappa shape index (κ3) is 4.52. The zero-order chi connectivity index (χ0) is 16.2. The Morgan fingerprint density at radius 1 is 1.21 bits per heavy atom. The molecule has 1 amide bonds. The number of hydrogen-bond acceptors (Lipinski definition) is 4. The maximum absolute atomic E-state index is 12.3. The van der Waals surface area contributed by atoms with Crippen LogP contribution in [0.1, 0.15) is 31.4 Å². The number of nitrogens with one attached hydrogen (secondary N) is 1. The molecule has 0 spiro atoms. The number of aryl methyl sites for hydroxylation is 1. The molecule has 1 heterocycles. The Hall–Kier alpha value is -1.98. The van der Waals surface area contributed by atoms with Crippen LogP contribution in [0.4, 0.5) is 5.69 Å². The first kappa shape index (κ1) is 18.4. The number of anilines is 1. The third-order valence-corrected chi connectivity index (χ3v) is 4.29. The number of carbonyl (C=O) groups is 1. The van der Waals surface area contributed by atoms with Crippen molar-refractivity contribution in [1.82, 2.24) is 9.97 Å². The summed E-state index contributed by atoms with van der Waals surface area (Å²) in [6, 6.07) is 9.66. The molecule has 3 rings (SSSR count). The number of benzene rings is 1. The minimum atomic E-state index is 0. The minimum Gasteiger partial charge on any atom is -0.328 e. The molecule has 0 saturated heterocycles. The second-order valence-corrected chi connectivity index (χ2v) is 6.21. The highest BCUT2D eigenvalue weighted by molar-refractivity contribution is 5.92. The van der Waals surface area contributed by atoms with Gasteiger partial charge in [-0.1, -0.05) is 6.42 Å². The molecule has 0 bridgehead atoms. The summed E-state index contributed by atoms with van der Waals surface area (Å²) in [5.74, 6) is 0.791. The van der Waals surface area contributed by atoms with Gasteiger partial charge in [0, 0.05) is 35.1 Å². The fraction of sp³-hybridized carbons (Fsp3) is 0.389. The van der Waals surface area contributed by atoms with Gasteiger partial charge in [-0.25, -0.2) is 9.97 Å². The molecule has 0 aliphatic heterocycles. The van der Waals surface area contributed by atoms with E-state index in [-0.39, 0.29) is 30.3 Å². The highest BCUT2D eigenvalue weighted by Gasteiger charge is 2.25. The molecule has 1 fully saturated rings. The Bertz CT molecular complexity index is 690. The number of hydrogen-bond donors (Lipinski definition) is 2. The van der Waals surface area contributed by atoms with Crippen LogP contribution in [0.2, 0.25) is 0 Å². The van der Waals surface area contributed by atoms with Crippen molar-refractivity contribution >= 4 is 24.0 Å². The summed E-state index contributed by atoms with van der Waals surface area (Å²) in [7, 11) is 0. The smallest absolute Gasteiger partial charge is 0.227 e. The molecule has 2 aromatic rings. The van der Waals surface area contributed by atoms with Crippen LogP contribution in [0, 0.1) is 12.8 Å². The van der Waals surface area contributed by atoms with Gasteiger partial charge in [0.25, 0.3) is 0 Å². The van der Waals surface area contributed by atoms with E-state index < -0.39 is 0 Å². The van der Waals surface area contributed by atoms with E-state index in [4.69, 9.17) is 5.73 Å². The number of carbonyl (C=O) groups excluding carboxylic acids is 1. The fourth-order valence-corrected chi connectivity index (χ4v) is 3.00. The summed E-state index contributed by atoms with van der Waals surface area (Å²) in [6.45, 7) is 1.94. The molecule has 6 heteroatoms. The fourth-order valence-electron chi connectivity index (χ4n) is 3.00. The van der Waals surface area contributed by atoms with Gasteiger partial charge in [0.2, 0.25) is 5.91 Å². The second kappa shape index (κ2) is 8.22. The molecule has 2 unspecified atom stereocenters. The Morgan fingerprint density at radius 2 is 1.96 bits per heavy atom. The second-order valence-electron chi connectivity index (χ2n) is 6.21. The molecule has 5 nitrogen and oxygen atoms in total. The van der Waals surface area contributed by atoms with E-state index in [1.165, 1.54) is 0 Å². The van der Waals surface area contributed by atoms with Gasteiger partial charge in [0.15, 0.2) is 5.82 Å². The maximum atomic E-state index is 12.3. The maximum Gasteiger partial charge on any atom is 0.227 e. The Balaban J connectivity index is 0.00000208. The summed E-state index contributed by atoms with van der Waals surface area (Å²) in [6.07, 6.45) is 5.51. The van der Waals surface area contributed by atoms with E-state index in [1.807, 2.05) is 37.3 Å². The van der Waals surface area contributed by atoms with Crippen molar-refractivity contribution in [3.8, 4) is 11.4 Å². The van der Waals surface area contributed by atoms with E-state index >= 15 is 0 Å². The van der Waals surface area contributed by atoms with Crippen LogP contribution in [0.3, 0.4) is 0 Å². The lowest BCUT2D eigenvalue weighted by molar-refractivity contribution is -0.120. The summed E-state index contributed by atoms with van der Waals surface area (Å²) >= 11 is 0. The van der Waals surface area contributed by atoms with Gasteiger partial charge in [-0.2, -0.15) is 0 Å². The van der Waals surface area contributed by atoms with Crippen molar-refractivity contribution in [3.05, 3.63) is 42.2 Å². The summed E-state index contributed by atoms with van der Waals surface area (Å²) < 4.78 is 0. The van der Waals surface area contributed by atoms with Crippen molar-refractivity contribution in [1.29, 1.82) is 0 Å². The summed E-state index contributed by atoms with van der Waals surface area (Å²) in [5, 5.41) is 2.99. The molecular formula is C18H23ClN4O. The average molecular weight is 347 g/mol. The number of halogens is 1. The SMILES string of the molecule is Cc1ccnc(-c2ccc(NC(=O)C3CCCC(N)C3)cc2)n1.Cl. The molecule has 1 aromatic heterocycles. The number of rotatable bonds is 3. The van der Waals surface area contributed by atoms with E-state index in [9.17, 15) is 4.79 Å². The van der Waals surface area contributed by atoms with Gasteiger partial charge in [-0.15, -0.1) is 12.4 Å². The van der Waals surface area contributed by atoms with Crippen LogP contribution >= 0.6 is 12.4 Å². The first-order valence-electron chi connectivity index (χ1n) is 8.08. The Labute approximate surface area is 148 Å². The summed E-state index contributed by atoms with van der Waals surface area (Å²) in [5.41, 5.74) is 8.62. The normalized spacial score (nSPS) is 20.1. The Kier molecular flexibility index (Phi) is 6.29. The quantitative estimate of drug-likeness (QED) is 0.893. The lowest BCUT2D eigenvalue weighted by Crippen LogP contribution is -2.34. The van der Waals surface area contributed by atoms with Crippen molar-refractivity contribution < 1.29 is 4.79 Å². The van der Waals surface area contributed by atoms with Crippen LogP contribution in [-0.2, 0) is 4.79 Å². The van der Waals surface area contributed by atoms with Crippen LogP contribution in [0.25, 0.3) is 11.4 Å². The number of nitrogens with two attached hydrogens (primary N) is 1. The molecule has 3 N–H and O–H groups in total. The molecule has 1 aromatic carbocycles. The van der Waals surface area contributed by atoms with Gasteiger partial charge in [-0.3, -0.25) is 4.79 Å². The highest BCUT2D eigenvalue weighted by atomic mass is 35.5. The van der Waals surface area contributed by atoms with Crippen molar-refractivity contribution in [2.75, 3.05) is 5.32 Å². The Morgan fingerprint density at radius 3 is 2.62 bits per heavy atom. The lowest BCUT2D eigenvalue weighted by atomic mass is 9.85. The topological polar surface area (TPSA) is 80.9 Å². The van der Waals surface area contributed by atoms with Crippen molar-refractivity contribution in [3.63, 3.8) is 0 Å². The zero-order valence-electron chi connectivity index (χ0n) is 13.7. The minimum absolute atomic E-state index is 0. The van der Waals surface area contributed by atoms with Gasteiger partial charge in [-0.05, 0) is 56.5 Å².